The Kier molecular flexibility index (Phi) is 3.70. The molecule has 1 saturated carbocycles. The van der Waals surface area contributed by atoms with Crippen molar-refractivity contribution >= 4 is 39.3 Å². The molecule has 0 saturated heterocycles. The van der Waals surface area contributed by atoms with Crippen LogP contribution >= 0.6 is 23.1 Å². The van der Waals surface area contributed by atoms with Crippen LogP contribution in [0.4, 0.5) is 0 Å². The molecule has 2 aromatic rings. The summed E-state index contributed by atoms with van der Waals surface area (Å²) in [5.41, 5.74) is 6.40. The van der Waals surface area contributed by atoms with Crippen LogP contribution in [0.2, 0.25) is 0 Å². The minimum atomic E-state index is -0.878. The van der Waals surface area contributed by atoms with Crippen LogP contribution in [0.5, 0.6) is 0 Å². The topological polar surface area (TPSA) is 65.2 Å². The van der Waals surface area contributed by atoms with Gasteiger partial charge in [-0.25, -0.2) is 4.98 Å². The molecule has 1 atom stereocenters. The number of hydrogen-bond donors (Lipinski definition) is 1. The number of aromatic nitrogens is 1. The summed E-state index contributed by atoms with van der Waals surface area (Å²) < 4.78 is 6.97. The zero-order valence-electron chi connectivity index (χ0n) is 11.2. The SMILES string of the molecule is COC(=O)C(N)(CSc1nc2ccccc2s1)C1CC1. The molecule has 0 bridgehead atoms. The number of carbonyl (C=O) groups is 1. The highest BCUT2D eigenvalue weighted by Crippen LogP contribution is 2.42. The van der Waals surface area contributed by atoms with Gasteiger partial charge < -0.3 is 10.5 Å². The zero-order valence-corrected chi connectivity index (χ0v) is 12.8. The first-order chi connectivity index (χ1) is 9.63. The molecular weight excluding hydrogens is 292 g/mol. The Morgan fingerprint density at radius 3 is 2.95 bits per heavy atom. The van der Waals surface area contributed by atoms with Gasteiger partial charge >= 0.3 is 5.97 Å². The van der Waals surface area contributed by atoms with Crippen molar-refractivity contribution in [2.75, 3.05) is 12.9 Å². The maximum absolute atomic E-state index is 11.9. The van der Waals surface area contributed by atoms with Crippen molar-refractivity contribution < 1.29 is 9.53 Å². The van der Waals surface area contributed by atoms with Gasteiger partial charge in [-0.1, -0.05) is 23.9 Å². The Balaban J connectivity index is 1.75. The van der Waals surface area contributed by atoms with E-state index in [2.05, 4.69) is 4.98 Å². The summed E-state index contributed by atoms with van der Waals surface area (Å²) in [5, 5.41) is 0. The highest BCUT2D eigenvalue weighted by Gasteiger charge is 2.49. The van der Waals surface area contributed by atoms with Crippen molar-refractivity contribution in [2.24, 2.45) is 11.7 Å². The molecule has 1 unspecified atom stereocenters. The van der Waals surface area contributed by atoms with Crippen LogP contribution in [0, 0.1) is 5.92 Å². The largest absolute Gasteiger partial charge is 0.468 e. The molecule has 1 aliphatic rings. The number of rotatable bonds is 5. The van der Waals surface area contributed by atoms with Gasteiger partial charge in [0.05, 0.1) is 17.3 Å². The summed E-state index contributed by atoms with van der Waals surface area (Å²) >= 11 is 3.18. The highest BCUT2D eigenvalue weighted by atomic mass is 32.2. The van der Waals surface area contributed by atoms with E-state index in [4.69, 9.17) is 10.5 Å². The van der Waals surface area contributed by atoms with Gasteiger partial charge in [0.1, 0.15) is 5.54 Å². The molecule has 1 fully saturated rings. The summed E-state index contributed by atoms with van der Waals surface area (Å²) in [6, 6.07) is 8.02. The van der Waals surface area contributed by atoms with Crippen molar-refractivity contribution in [1.29, 1.82) is 0 Å². The number of ether oxygens (including phenoxy) is 1. The molecule has 1 aliphatic carbocycles. The predicted octanol–water partition coefficient (Wildman–Crippen LogP) is 2.67. The van der Waals surface area contributed by atoms with E-state index in [9.17, 15) is 4.79 Å². The number of fused-ring (bicyclic) bond motifs is 1. The first-order valence-electron chi connectivity index (χ1n) is 6.49. The summed E-state index contributed by atoms with van der Waals surface area (Å²) in [5.74, 6) is 0.454. The summed E-state index contributed by atoms with van der Waals surface area (Å²) in [6.07, 6.45) is 2.01. The normalized spacial score (nSPS) is 17.9. The van der Waals surface area contributed by atoms with E-state index in [1.807, 2.05) is 24.3 Å². The van der Waals surface area contributed by atoms with Crippen molar-refractivity contribution in [2.45, 2.75) is 22.7 Å². The number of benzene rings is 1. The number of para-hydroxylation sites is 1. The molecule has 4 nitrogen and oxygen atoms in total. The van der Waals surface area contributed by atoms with Gasteiger partial charge in [-0.3, -0.25) is 4.79 Å². The average Bonchev–Trinajstić information content (AvgIpc) is 3.24. The molecule has 20 heavy (non-hydrogen) atoms. The molecule has 0 spiro atoms. The quantitative estimate of drug-likeness (QED) is 0.679. The van der Waals surface area contributed by atoms with E-state index in [0.717, 1.165) is 27.4 Å². The van der Waals surface area contributed by atoms with Gasteiger partial charge in [-0.2, -0.15) is 0 Å². The number of thiazole rings is 1. The van der Waals surface area contributed by atoms with Crippen molar-refractivity contribution in [3.63, 3.8) is 0 Å². The number of methoxy groups -OCH3 is 1. The van der Waals surface area contributed by atoms with Crippen molar-refractivity contribution in [3.05, 3.63) is 24.3 Å². The van der Waals surface area contributed by atoms with E-state index >= 15 is 0 Å². The van der Waals surface area contributed by atoms with E-state index in [0.29, 0.717) is 5.75 Å². The van der Waals surface area contributed by atoms with Gasteiger partial charge in [0.15, 0.2) is 4.34 Å². The molecule has 1 heterocycles. The molecule has 6 heteroatoms. The maximum atomic E-state index is 11.9. The molecule has 0 amide bonds. The second-order valence-corrected chi connectivity index (χ2v) is 7.30. The fraction of sp³-hybridized carbons (Fsp3) is 0.429. The Bertz CT molecular complexity index is 606. The fourth-order valence-corrected chi connectivity index (χ4v) is 4.48. The molecule has 2 N–H and O–H groups in total. The van der Waals surface area contributed by atoms with Crippen LogP contribution in [0.3, 0.4) is 0 Å². The van der Waals surface area contributed by atoms with Crippen molar-refractivity contribution in [1.82, 2.24) is 4.98 Å². The van der Waals surface area contributed by atoms with E-state index in [1.165, 1.54) is 7.11 Å². The van der Waals surface area contributed by atoms with Crippen LogP contribution in [-0.2, 0) is 9.53 Å². The second-order valence-electron chi connectivity index (χ2n) is 5.04. The predicted molar refractivity (Wildman–Crippen MR) is 82.0 cm³/mol. The smallest absolute Gasteiger partial charge is 0.327 e. The zero-order chi connectivity index (χ0) is 14.2. The molecule has 1 aromatic carbocycles. The molecule has 0 aliphatic heterocycles. The van der Waals surface area contributed by atoms with E-state index < -0.39 is 5.54 Å². The standard InChI is InChI=1S/C14H16N2O2S2/c1-18-12(17)14(15,9-6-7-9)8-19-13-16-10-4-2-3-5-11(10)20-13/h2-5,9H,6-8,15H2,1H3. The number of carbonyl (C=O) groups excluding carboxylic acids is 1. The lowest BCUT2D eigenvalue weighted by molar-refractivity contribution is -0.146. The molecule has 0 radical (unpaired) electrons. The minimum Gasteiger partial charge on any atom is -0.468 e. The van der Waals surface area contributed by atoms with Crippen LogP contribution < -0.4 is 5.73 Å². The lowest BCUT2D eigenvalue weighted by atomic mass is 9.97. The molecular formula is C14H16N2O2S2. The number of esters is 1. The van der Waals surface area contributed by atoms with Crippen LogP contribution in [0.1, 0.15) is 12.8 Å². The highest BCUT2D eigenvalue weighted by molar-refractivity contribution is 8.01. The van der Waals surface area contributed by atoms with Gasteiger partial charge in [0.25, 0.3) is 0 Å². The van der Waals surface area contributed by atoms with Gasteiger partial charge in [-0.15, -0.1) is 11.3 Å². The third-order valence-corrected chi connectivity index (χ3v) is 5.97. The Morgan fingerprint density at radius 1 is 1.55 bits per heavy atom. The van der Waals surface area contributed by atoms with Gasteiger partial charge in [0.2, 0.25) is 0 Å². The Hall–Kier alpha value is -1.11. The van der Waals surface area contributed by atoms with Gasteiger partial charge in [0, 0.05) is 5.75 Å². The van der Waals surface area contributed by atoms with E-state index in [-0.39, 0.29) is 11.9 Å². The third kappa shape index (κ3) is 2.55. The first-order valence-corrected chi connectivity index (χ1v) is 8.29. The van der Waals surface area contributed by atoms with E-state index in [1.54, 1.807) is 23.1 Å². The van der Waals surface area contributed by atoms with Crippen LogP contribution in [-0.4, -0.2) is 29.4 Å². The third-order valence-electron chi connectivity index (χ3n) is 3.58. The molecule has 106 valence electrons. The number of thioether (sulfide) groups is 1. The summed E-state index contributed by atoms with van der Waals surface area (Å²) in [7, 11) is 1.40. The number of nitrogens with zero attached hydrogens (tertiary/aromatic N) is 1. The lowest BCUT2D eigenvalue weighted by Crippen LogP contribution is -2.53. The average molecular weight is 308 g/mol. The monoisotopic (exact) mass is 308 g/mol. The van der Waals surface area contributed by atoms with Crippen LogP contribution in [0.25, 0.3) is 10.2 Å². The lowest BCUT2D eigenvalue weighted by Gasteiger charge is -2.25. The minimum absolute atomic E-state index is 0.247. The van der Waals surface area contributed by atoms with Gasteiger partial charge in [-0.05, 0) is 30.9 Å². The summed E-state index contributed by atoms with van der Waals surface area (Å²) in [6.45, 7) is 0. The number of nitrogens with two attached hydrogens (primary N) is 1. The van der Waals surface area contributed by atoms with Crippen molar-refractivity contribution in [3.8, 4) is 0 Å². The molecule has 3 rings (SSSR count). The summed E-state index contributed by atoms with van der Waals surface area (Å²) in [4.78, 5) is 16.5. The number of hydrogen-bond acceptors (Lipinski definition) is 6. The van der Waals surface area contributed by atoms with Crippen LogP contribution in [0.15, 0.2) is 28.6 Å². The Morgan fingerprint density at radius 2 is 2.30 bits per heavy atom. The fourth-order valence-electron chi connectivity index (χ4n) is 2.23. The molecule has 1 aromatic heterocycles. The Labute approximate surface area is 125 Å². The first kappa shape index (κ1) is 13.9. The second kappa shape index (κ2) is 5.35. The maximum Gasteiger partial charge on any atom is 0.327 e.